The lowest BCUT2D eigenvalue weighted by molar-refractivity contribution is -0.172. The van der Waals surface area contributed by atoms with E-state index in [1.807, 2.05) is 0 Å². The van der Waals surface area contributed by atoms with Crippen LogP contribution in [0.4, 0.5) is 0 Å². The van der Waals surface area contributed by atoms with Gasteiger partial charge < -0.3 is 9.47 Å². The van der Waals surface area contributed by atoms with Gasteiger partial charge in [0.05, 0.1) is 5.92 Å². The van der Waals surface area contributed by atoms with E-state index in [1.54, 1.807) is 6.92 Å². The van der Waals surface area contributed by atoms with E-state index in [-0.39, 0.29) is 35.5 Å². The molecule has 5 saturated carbocycles. The van der Waals surface area contributed by atoms with Crippen molar-refractivity contribution in [2.45, 2.75) is 123 Å². The van der Waals surface area contributed by atoms with Crippen molar-refractivity contribution in [2.75, 3.05) is 0 Å². The van der Waals surface area contributed by atoms with E-state index in [0.717, 1.165) is 43.9 Å². The molecule has 180 valence electrons. The Bertz CT molecular complexity index is 727. The van der Waals surface area contributed by atoms with Crippen LogP contribution in [0, 0.1) is 40.4 Å². The molecular formula is C28H44O4. The maximum atomic E-state index is 12.9. The van der Waals surface area contributed by atoms with Gasteiger partial charge >= 0.3 is 11.9 Å². The van der Waals surface area contributed by atoms with Gasteiger partial charge in [0.25, 0.3) is 0 Å². The van der Waals surface area contributed by atoms with Crippen LogP contribution in [-0.2, 0) is 19.1 Å². The first kappa shape index (κ1) is 22.7. The lowest BCUT2D eigenvalue weighted by Crippen LogP contribution is -2.55. The van der Waals surface area contributed by atoms with Gasteiger partial charge in [-0.25, -0.2) is 0 Å². The number of hydrogen-bond acceptors (Lipinski definition) is 4. The summed E-state index contributed by atoms with van der Waals surface area (Å²) in [7, 11) is 0. The average molecular weight is 445 g/mol. The maximum Gasteiger partial charge on any atom is 0.309 e. The van der Waals surface area contributed by atoms with Gasteiger partial charge in [-0.2, -0.15) is 0 Å². The van der Waals surface area contributed by atoms with E-state index in [4.69, 9.17) is 9.47 Å². The maximum absolute atomic E-state index is 12.9. The summed E-state index contributed by atoms with van der Waals surface area (Å²) in [6.07, 6.45) is 16.6. The zero-order chi connectivity index (χ0) is 22.5. The molecule has 0 aromatic carbocycles. The van der Waals surface area contributed by atoms with Crippen LogP contribution in [0.3, 0.4) is 0 Å². The molecule has 5 fully saturated rings. The highest BCUT2D eigenvalue weighted by atomic mass is 16.5. The van der Waals surface area contributed by atoms with Gasteiger partial charge in [0.1, 0.15) is 12.2 Å². The van der Waals surface area contributed by atoms with E-state index >= 15 is 0 Å². The molecule has 8 atom stereocenters. The Balaban J connectivity index is 1.26. The summed E-state index contributed by atoms with van der Waals surface area (Å²) in [6, 6.07) is 0. The summed E-state index contributed by atoms with van der Waals surface area (Å²) >= 11 is 0. The third kappa shape index (κ3) is 3.82. The molecule has 32 heavy (non-hydrogen) atoms. The fourth-order valence-electron chi connectivity index (χ4n) is 9.28. The summed E-state index contributed by atoms with van der Waals surface area (Å²) in [5.74, 6) is 3.09. The van der Waals surface area contributed by atoms with Gasteiger partial charge in [0.2, 0.25) is 0 Å². The monoisotopic (exact) mass is 444 g/mol. The fraction of sp³-hybridized carbons (Fsp3) is 0.929. The number of carbonyl (C=O) groups excluding carboxylic acids is 2. The second kappa shape index (κ2) is 8.62. The minimum absolute atomic E-state index is 0.109. The van der Waals surface area contributed by atoms with E-state index < -0.39 is 0 Å². The van der Waals surface area contributed by atoms with Gasteiger partial charge in [0, 0.05) is 12.3 Å². The molecule has 0 radical (unpaired) electrons. The Morgan fingerprint density at radius 3 is 2.22 bits per heavy atom. The van der Waals surface area contributed by atoms with Crippen LogP contribution in [0.2, 0.25) is 0 Å². The predicted molar refractivity (Wildman–Crippen MR) is 124 cm³/mol. The second-order valence-electron chi connectivity index (χ2n) is 12.5. The van der Waals surface area contributed by atoms with E-state index in [2.05, 4.69) is 13.8 Å². The molecule has 0 aromatic heterocycles. The molecule has 4 heteroatoms. The molecule has 0 amide bonds. The summed E-state index contributed by atoms with van der Waals surface area (Å²) in [5.41, 5.74) is 0.557. The van der Waals surface area contributed by atoms with Crippen LogP contribution >= 0.6 is 0 Å². The van der Waals surface area contributed by atoms with Crippen molar-refractivity contribution >= 4 is 11.9 Å². The Kier molecular flexibility index (Phi) is 6.12. The topological polar surface area (TPSA) is 52.6 Å². The third-order valence-electron chi connectivity index (χ3n) is 11.1. The minimum Gasteiger partial charge on any atom is -0.463 e. The molecule has 4 nitrogen and oxygen atoms in total. The molecular weight excluding hydrogens is 400 g/mol. The van der Waals surface area contributed by atoms with Crippen LogP contribution in [0.5, 0.6) is 0 Å². The van der Waals surface area contributed by atoms with E-state index in [0.29, 0.717) is 17.3 Å². The first-order chi connectivity index (χ1) is 15.3. The summed E-state index contributed by atoms with van der Waals surface area (Å²) in [5, 5.41) is 0. The van der Waals surface area contributed by atoms with Crippen LogP contribution in [0.25, 0.3) is 0 Å². The van der Waals surface area contributed by atoms with Crippen LogP contribution in [0.1, 0.15) is 111 Å². The van der Waals surface area contributed by atoms with Gasteiger partial charge in [0.15, 0.2) is 0 Å². The van der Waals surface area contributed by atoms with Crippen LogP contribution in [0.15, 0.2) is 0 Å². The minimum atomic E-state index is -0.125. The molecule has 5 aliphatic carbocycles. The number of fused-ring (bicyclic) bond motifs is 5. The largest absolute Gasteiger partial charge is 0.463 e. The van der Waals surface area contributed by atoms with E-state index in [9.17, 15) is 9.59 Å². The van der Waals surface area contributed by atoms with Gasteiger partial charge in [-0.1, -0.05) is 33.1 Å². The first-order valence-electron chi connectivity index (χ1n) is 13.7. The molecule has 0 bridgehead atoms. The predicted octanol–water partition coefficient (Wildman–Crippen LogP) is 6.45. The molecule has 0 heterocycles. The van der Waals surface area contributed by atoms with Crippen molar-refractivity contribution in [2.24, 2.45) is 40.4 Å². The lowest BCUT2D eigenvalue weighted by Gasteiger charge is -2.60. The number of ether oxygens (including phenoxy) is 2. The SMILES string of the molecule is CC(=O)OC1CCC2(C)C(CCC3C2CCC2(C)C(OC(=O)C4CCCCC4)CCC32)C1. The Labute approximate surface area is 194 Å². The van der Waals surface area contributed by atoms with Crippen LogP contribution < -0.4 is 0 Å². The smallest absolute Gasteiger partial charge is 0.309 e. The summed E-state index contributed by atoms with van der Waals surface area (Å²) in [6.45, 7) is 6.55. The molecule has 0 aromatic rings. The molecule has 5 rings (SSSR count). The standard InChI is InChI=1S/C28H44O4/c1-18(29)31-21-13-15-27(2)20(17-21)9-10-22-23-11-12-25(28(23,3)16-14-24(22)27)32-26(30)19-7-5-4-6-8-19/h19-25H,4-17H2,1-3H3. The van der Waals surface area contributed by atoms with Crippen molar-refractivity contribution in [1.29, 1.82) is 0 Å². The molecule has 0 N–H and O–H groups in total. The summed E-state index contributed by atoms with van der Waals surface area (Å²) in [4.78, 5) is 24.4. The molecule has 0 aliphatic heterocycles. The Morgan fingerprint density at radius 1 is 0.750 bits per heavy atom. The number of hydrogen-bond donors (Lipinski definition) is 0. The first-order valence-corrected chi connectivity index (χ1v) is 13.7. The Morgan fingerprint density at radius 2 is 1.47 bits per heavy atom. The zero-order valence-corrected chi connectivity index (χ0v) is 20.6. The van der Waals surface area contributed by atoms with Crippen molar-refractivity contribution in [3.8, 4) is 0 Å². The normalized spacial score (nSPS) is 46.5. The van der Waals surface area contributed by atoms with Crippen molar-refractivity contribution < 1.29 is 19.1 Å². The fourth-order valence-corrected chi connectivity index (χ4v) is 9.28. The van der Waals surface area contributed by atoms with Gasteiger partial charge in [-0.05, 0) is 99.7 Å². The zero-order valence-electron chi connectivity index (χ0n) is 20.6. The van der Waals surface area contributed by atoms with Crippen molar-refractivity contribution in [3.63, 3.8) is 0 Å². The van der Waals surface area contributed by atoms with Crippen LogP contribution in [-0.4, -0.2) is 24.1 Å². The average Bonchev–Trinajstić information content (AvgIpc) is 3.10. The van der Waals surface area contributed by atoms with Gasteiger partial charge in [-0.15, -0.1) is 0 Å². The quantitative estimate of drug-likeness (QED) is 0.469. The highest BCUT2D eigenvalue weighted by Gasteiger charge is 2.61. The van der Waals surface area contributed by atoms with Crippen molar-refractivity contribution in [1.82, 2.24) is 0 Å². The van der Waals surface area contributed by atoms with Crippen molar-refractivity contribution in [3.05, 3.63) is 0 Å². The molecule has 5 aliphatic rings. The molecule has 0 spiro atoms. The number of carbonyl (C=O) groups is 2. The summed E-state index contributed by atoms with van der Waals surface area (Å²) < 4.78 is 11.9. The second-order valence-corrected chi connectivity index (χ2v) is 12.5. The number of rotatable bonds is 3. The lowest BCUT2D eigenvalue weighted by atomic mass is 9.45. The highest BCUT2D eigenvalue weighted by molar-refractivity contribution is 5.72. The third-order valence-corrected chi connectivity index (χ3v) is 11.1. The van der Waals surface area contributed by atoms with Gasteiger partial charge in [-0.3, -0.25) is 9.59 Å². The molecule has 8 unspecified atom stereocenters. The molecule has 0 saturated heterocycles. The highest BCUT2D eigenvalue weighted by Crippen LogP contribution is 2.66. The van der Waals surface area contributed by atoms with E-state index in [1.165, 1.54) is 57.8 Å². The Hall–Kier alpha value is -1.06. The number of esters is 2.